The molecule has 0 radical (unpaired) electrons. The predicted octanol–water partition coefficient (Wildman–Crippen LogP) is 1.45. The lowest BCUT2D eigenvalue weighted by molar-refractivity contribution is -0.126. The average molecular weight is 254 g/mol. The monoisotopic (exact) mass is 254 g/mol. The first-order valence-corrected chi connectivity index (χ1v) is 6.95. The Balaban J connectivity index is 1.94. The normalized spacial score (nSPS) is 31.2. The van der Waals surface area contributed by atoms with Crippen LogP contribution in [-0.2, 0) is 9.53 Å². The van der Waals surface area contributed by atoms with Crippen molar-refractivity contribution in [1.29, 1.82) is 0 Å². The summed E-state index contributed by atoms with van der Waals surface area (Å²) < 4.78 is 5.28. The standard InChI is InChI=1S/C14H26N2O2/c1-13(2)7-11(8-14(3,4)16-13)15-12(17)10-5-6-18-9-10/h10-11,16H,5-9H2,1-4H3,(H,15,17). The summed E-state index contributed by atoms with van der Waals surface area (Å²) in [6.45, 7) is 10.1. The SMILES string of the molecule is CC1(C)CC(NC(=O)C2CCOC2)CC(C)(C)N1. The topological polar surface area (TPSA) is 50.4 Å². The highest BCUT2D eigenvalue weighted by atomic mass is 16.5. The lowest BCUT2D eigenvalue weighted by Gasteiger charge is -2.46. The van der Waals surface area contributed by atoms with Crippen LogP contribution in [0.25, 0.3) is 0 Å². The largest absolute Gasteiger partial charge is 0.381 e. The zero-order chi connectivity index (χ0) is 13.4. The molecule has 1 atom stereocenters. The summed E-state index contributed by atoms with van der Waals surface area (Å²) in [5.74, 6) is 0.233. The van der Waals surface area contributed by atoms with Gasteiger partial charge in [-0.1, -0.05) is 0 Å². The minimum absolute atomic E-state index is 0.0612. The molecule has 1 unspecified atom stereocenters. The second kappa shape index (κ2) is 4.82. The zero-order valence-electron chi connectivity index (χ0n) is 12.0. The van der Waals surface area contributed by atoms with Gasteiger partial charge in [0.15, 0.2) is 0 Å². The predicted molar refractivity (Wildman–Crippen MR) is 71.4 cm³/mol. The summed E-state index contributed by atoms with van der Waals surface area (Å²) in [6.07, 6.45) is 2.83. The van der Waals surface area contributed by atoms with Gasteiger partial charge in [-0.25, -0.2) is 0 Å². The number of nitrogens with one attached hydrogen (secondary N) is 2. The second-order valence-electron chi connectivity index (χ2n) is 7.07. The highest BCUT2D eigenvalue weighted by Gasteiger charge is 2.38. The van der Waals surface area contributed by atoms with Gasteiger partial charge in [-0.15, -0.1) is 0 Å². The fraction of sp³-hybridized carbons (Fsp3) is 0.929. The molecule has 2 saturated heterocycles. The van der Waals surface area contributed by atoms with Gasteiger partial charge in [0.2, 0.25) is 5.91 Å². The van der Waals surface area contributed by atoms with Crippen LogP contribution in [0.5, 0.6) is 0 Å². The Morgan fingerprint density at radius 2 is 1.83 bits per heavy atom. The average Bonchev–Trinajstić information content (AvgIpc) is 2.63. The number of carbonyl (C=O) groups excluding carboxylic acids is 1. The Bertz CT molecular complexity index is 304. The molecule has 0 aliphatic carbocycles. The summed E-state index contributed by atoms with van der Waals surface area (Å²) in [7, 11) is 0. The molecular formula is C14H26N2O2. The molecule has 0 saturated carbocycles. The fourth-order valence-electron chi connectivity index (χ4n) is 3.48. The van der Waals surface area contributed by atoms with Crippen LogP contribution in [0, 0.1) is 5.92 Å². The van der Waals surface area contributed by atoms with Crippen LogP contribution in [-0.4, -0.2) is 36.2 Å². The molecule has 0 aromatic rings. The van der Waals surface area contributed by atoms with Crippen molar-refractivity contribution in [3.63, 3.8) is 0 Å². The summed E-state index contributed by atoms with van der Waals surface area (Å²) >= 11 is 0. The van der Waals surface area contributed by atoms with Gasteiger partial charge in [0, 0.05) is 23.7 Å². The lowest BCUT2D eigenvalue weighted by Crippen LogP contribution is -2.62. The molecule has 2 aliphatic heterocycles. The van der Waals surface area contributed by atoms with E-state index in [0.29, 0.717) is 6.61 Å². The Morgan fingerprint density at radius 1 is 1.22 bits per heavy atom. The van der Waals surface area contributed by atoms with Crippen LogP contribution < -0.4 is 10.6 Å². The number of amides is 1. The highest BCUT2D eigenvalue weighted by molar-refractivity contribution is 5.79. The fourth-order valence-corrected chi connectivity index (χ4v) is 3.48. The number of hydrogen-bond acceptors (Lipinski definition) is 3. The summed E-state index contributed by atoms with van der Waals surface area (Å²) in [5.41, 5.74) is 0.151. The van der Waals surface area contributed by atoms with Crippen molar-refractivity contribution in [3.05, 3.63) is 0 Å². The molecule has 0 aromatic carbocycles. The molecule has 2 fully saturated rings. The van der Waals surface area contributed by atoms with Crippen LogP contribution >= 0.6 is 0 Å². The van der Waals surface area contributed by atoms with Crippen molar-refractivity contribution in [3.8, 4) is 0 Å². The quantitative estimate of drug-likeness (QED) is 0.784. The van der Waals surface area contributed by atoms with E-state index >= 15 is 0 Å². The van der Waals surface area contributed by atoms with Gasteiger partial charge >= 0.3 is 0 Å². The third-order valence-electron chi connectivity index (χ3n) is 3.84. The van der Waals surface area contributed by atoms with E-state index in [-0.39, 0.29) is 28.9 Å². The summed E-state index contributed by atoms with van der Waals surface area (Å²) in [5, 5.41) is 6.84. The molecule has 0 bridgehead atoms. The van der Waals surface area contributed by atoms with Crippen LogP contribution in [0.15, 0.2) is 0 Å². The molecule has 104 valence electrons. The van der Waals surface area contributed by atoms with Gasteiger partial charge in [-0.05, 0) is 47.0 Å². The van der Waals surface area contributed by atoms with Crippen molar-refractivity contribution in [1.82, 2.24) is 10.6 Å². The number of carbonyl (C=O) groups is 1. The molecule has 18 heavy (non-hydrogen) atoms. The third-order valence-corrected chi connectivity index (χ3v) is 3.84. The Morgan fingerprint density at radius 3 is 2.33 bits per heavy atom. The van der Waals surface area contributed by atoms with Crippen molar-refractivity contribution < 1.29 is 9.53 Å². The Labute approximate surface area is 110 Å². The van der Waals surface area contributed by atoms with E-state index < -0.39 is 0 Å². The van der Waals surface area contributed by atoms with E-state index in [1.54, 1.807) is 0 Å². The van der Waals surface area contributed by atoms with Crippen LogP contribution in [0.1, 0.15) is 47.0 Å². The van der Waals surface area contributed by atoms with Crippen molar-refractivity contribution >= 4 is 5.91 Å². The molecule has 0 spiro atoms. The Hall–Kier alpha value is -0.610. The first kappa shape index (κ1) is 13.8. The molecule has 0 aromatic heterocycles. The van der Waals surface area contributed by atoms with Crippen molar-refractivity contribution in [2.75, 3.05) is 13.2 Å². The lowest BCUT2D eigenvalue weighted by atomic mass is 9.79. The number of rotatable bonds is 2. The van der Waals surface area contributed by atoms with Gasteiger partial charge in [0.1, 0.15) is 0 Å². The van der Waals surface area contributed by atoms with Crippen molar-refractivity contribution in [2.24, 2.45) is 5.92 Å². The maximum atomic E-state index is 12.1. The maximum Gasteiger partial charge on any atom is 0.225 e. The smallest absolute Gasteiger partial charge is 0.225 e. The maximum absolute atomic E-state index is 12.1. The van der Waals surface area contributed by atoms with Crippen LogP contribution in [0.2, 0.25) is 0 Å². The van der Waals surface area contributed by atoms with Crippen LogP contribution in [0.3, 0.4) is 0 Å². The molecule has 2 aliphatic rings. The summed E-state index contributed by atoms with van der Waals surface area (Å²) in [6, 6.07) is 0.268. The van der Waals surface area contributed by atoms with Gasteiger partial charge in [0.05, 0.1) is 12.5 Å². The first-order valence-electron chi connectivity index (χ1n) is 6.95. The molecule has 2 N–H and O–H groups in total. The van der Waals surface area contributed by atoms with Gasteiger partial charge in [-0.2, -0.15) is 0 Å². The van der Waals surface area contributed by atoms with Gasteiger partial charge < -0.3 is 15.4 Å². The van der Waals surface area contributed by atoms with E-state index in [4.69, 9.17) is 4.74 Å². The number of piperidine rings is 1. The van der Waals surface area contributed by atoms with E-state index in [9.17, 15) is 4.79 Å². The van der Waals surface area contributed by atoms with Crippen LogP contribution in [0.4, 0.5) is 0 Å². The molecule has 2 rings (SSSR count). The van der Waals surface area contributed by atoms with Gasteiger partial charge in [-0.3, -0.25) is 4.79 Å². The van der Waals surface area contributed by atoms with E-state index in [1.807, 2.05) is 0 Å². The third kappa shape index (κ3) is 3.45. The van der Waals surface area contributed by atoms with Gasteiger partial charge in [0.25, 0.3) is 0 Å². The summed E-state index contributed by atoms with van der Waals surface area (Å²) in [4.78, 5) is 12.1. The molecule has 2 heterocycles. The molecule has 4 heteroatoms. The van der Waals surface area contributed by atoms with E-state index in [0.717, 1.165) is 25.9 Å². The van der Waals surface area contributed by atoms with E-state index in [2.05, 4.69) is 38.3 Å². The number of ether oxygens (including phenoxy) is 1. The molecule has 1 amide bonds. The minimum atomic E-state index is 0.0612. The van der Waals surface area contributed by atoms with E-state index in [1.165, 1.54) is 0 Å². The number of hydrogen-bond donors (Lipinski definition) is 2. The molecule has 4 nitrogen and oxygen atoms in total. The highest BCUT2D eigenvalue weighted by Crippen LogP contribution is 2.28. The minimum Gasteiger partial charge on any atom is -0.381 e. The van der Waals surface area contributed by atoms with Crippen molar-refractivity contribution in [2.45, 2.75) is 64.1 Å². The first-order chi connectivity index (χ1) is 8.27. The second-order valence-corrected chi connectivity index (χ2v) is 7.07. The Kier molecular flexibility index (Phi) is 3.70. The zero-order valence-corrected chi connectivity index (χ0v) is 12.0. The molecular weight excluding hydrogens is 228 g/mol.